The molecule has 5 aliphatic rings. The fourth-order valence-corrected chi connectivity index (χ4v) is 6.78. The van der Waals surface area contributed by atoms with Gasteiger partial charge in [0.15, 0.2) is 0 Å². The van der Waals surface area contributed by atoms with Crippen molar-refractivity contribution in [2.24, 2.45) is 35.5 Å². The van der Waals surface area contributed by atoms with Crippen molar-refractivity contribution in [3.8, 4) is 0 Å². The summed E-state index contributed by atoms with van der Waals surface area (Å²) < 4.78 is 0. The van der Waals surface area contributed by atoms with Gasteiger partial charge in [-0.15, -0.1) is 10.2 Å². The zero-order chi connectivity index (χ0) is 17.7. The number of likely N-dealkylation sites (tertiary alicyclic amines) is 1. The molecule has 1 saturated heterocycles. The minimum atomic E-state index is -0.0264. The summed E-state index contributed by atoms with van der Waals surface area (Å²) in [4.78, 5) is 27.7. The van der Waals surface area contributed by atoms with E-state index < -0.39 is 0 Å². The highest BCUT2D eigenvalue weighted by Gasteiger charge is 2.51. The van der Waals surface area contributed by atoms with Crippen molar-refractivity contribution in [1.29, 1.82) is 0 Å². The van der Waals surface area contributed by atoms with Crippen molar-refractivity contribution in [3.05, 3.63) is 5.51 Å². The van der Waals surface area contributed by atoms with Crippen LogP contribution in [0.25, 0.3) is 0 Å². The van der Waals surface area contributed by atoms with Gasteiger partial charge in [0.2, 0.25) is 16.9 Å². The van der Waals surface area contributed by atoms with Crippen LogP contribution in [0.1, 0.15) is 44.9 Å². The topological polar surface area (TPSA) is 75.2 Å². The number of aromatic nitrogens is 2. The first-order valence-corrected chi connectivity index (χ1v) is 10.9. The molecule has 6 rings (SSSR count). The summed E-state index contributed by atoms with van der Waals surface area (Å²) in [6.45, 7) is 1.44. The van der Waals surface area contributed by atoms with Gasteiger partial charge < -0.3 is 10.2 Å². The quantitative estimate of drug-likeness (QED) is 0.883. The van der Waals surface area contributed by atoms with Crippen LogP contribution in [0.2, 0.25) is 0 Å². The Bertz CT molecular complexity index is 656. The lowest BCUT2D eigenvalue weighted by atomic mass is 9.51. The zero-order valence-electron chi connectivity index (χ0n) is 15.0. The number of rotatable bonds is 3. The number of hydrogen-bond acceptors (Lipinski definition) is 5. The number of nitrogens with one attached hydrogen (secondary N) is 1. The molecule has 140 valence electrons. The van der Waals surface area contributed by atoms with Crippen LogP contribution in [-0.2, 0) is 9.59 Å². The van der Waals surface area contributed by atoms with E-state index in [4.69, 9.17) is 0 Å². The highest BCUT2D eigenvalue weighted by atomic mass is 32.1. The maximum Gasteiger partial charge on any atom is 0.229 e. The maximum atomic E-state index is 13.2. The minimum Gasteiger partial charge on any atom is -0.342 e. The lowest BCUT2D eigenvalue weighted by Crippen LogP contribution is -2.53. The zero-order valence-corrected chi connectivity index (χ0v) is 15.8. The first kappa shape index (κ1) is 16.7. The number of anilines is 1. The minimum absolute atomic E-state index is 0.0171. The van der Waals surface area contributed by atoms with E-state index in [2.05, 4.69) is 20.4 Å². The van der Waals surface area contributed by atoms with Crippen molar-refractivity contribution in [3.63, 3.8) is 0 Å². The van der Waals surface area contributed by atoms with Gasteiger partial charge in [0.25, 0.3) is 0 Å². The maximum absolute atomic E-state index is 13.2. The third-order valence-electron chi connectivity index (χ3n) is 7.28. The third kappa shape index (κ3) is 2.94. The van der Waals surface area contributed by atoms with Gasteiger partial charge in [-0.3, -0.25) is 9.59 Å². The molecule has 7 heteroatoms. The lowest BCUT2D eigenvalue weighted by Gasteiger charge is -2.54. The fraction of sp³-hybridized carbons (Fsp3) is 0.789. The molecule has 6 nitrogen and oxygen atoms in total. The normalized spacial score (nSPS) is 36.3. The number of carbonyl (C=O) groups excluding carboxylic acids is 2. The largest absolute Gasteiger partial charge is 0.342 e. The standard InChI is InChI=1S/C19H26N4O2S/c24-17(21-19-22-20-10-26-19)13-1-3-23(4-2-13)18(25)16-14-6-11-5-12(8-14)9-15(16)7-11/h10-16H,1-9H2,(H,21,22,24). The summed E-state index contributed by atoms with van der Waals surface area (Å²) in [5.74, 6) is 3.73. The molecule has 1 aromatic rings. The van der Waals surface area contributed by atoms with Crippen LogP contribution >= 0.6 is 11.3 Å². The monoisotopic (exact) mass is 374 g/mol. The first-order chi connectivity index (χ1) is 12.7. The molecular formula is C19H26N4O2S. The second-order valence-electron chi connectivity index (χ2n) is 8.79. The van der Waals surface area contributed by atoms with Gasteiger partial charge in [-0.05, 0) is 68.6 Å². The summed E-state index contributed by atoms with van der Waals surface area (Å²) in [7, 11) is 0. The molecule has 0 unspecified atom stereocenters. The molecule has 2 heterocycles. The highest BCUT2D eigenvalue weighted by Crippen LogP contribution is 2.57. The molecule has 5 fully saturated rings. The van der Waals surface area contributed by atoms with Gasteiger partial charge in [-0.1, -0.05) is 11.3 Å². The van der Waals surface area contributed by atoms with Crippen molar-refractivity contribution in [2.45, 2.75) is 44.9 Å². The Morgan fingerprint density at radius 3 is 2.27 bits per heavy atom. The Kier molecular flexibility index (Phi) is 4.22. The van der Waals surface area contributed by atoms with Crippen LogP contribution in [0, 0.1) is 35.5 Å². The first-order valence-electron chi connectivity index (χ1n) is 10.0. The number of piperidine rings is 1. The summed E-state index contributed by atoms with van der Waals surface area (Å²) in [6.07, 6.45) is 8.05. The predicted molar refractivity (Wildman–Crippen MR) is 98.4 cm³/mol. The van der Waals surface area contributed by atoms with E-state index in [1.165, 1.54) is 43.4 Å². The smallest absolute Gasteiger partial charge is 0.229 e. The molecule has 0 radical (unpaired) electrons. The molecule has 1 aliphatic heterocycles. The highest BCUT2D eigenvalue weighted by molar-refractivity contribution is 7.13. The van der Waals surface area contributed by atoms with Gasteiger partial charge in [0.1, 0.15) is 5.51 Å². The number of amides is 2. The number of hydrogen-bond donors (Lipinski definition) is 1. The predicted octanol–water partition coefficient (Wildman–Crippen LogP) is 2.79. The molecule has 4 aliphatic carbocycles. The Morgan fingerprint density at radius 2 is 1.69 bits per heavy atom. The Balaban J connectivity index is 1.18. The van der Waals surface area contributed by atoms with Gasteiger partial charge in [-0.25, -0.2) is 0 Å². The average molecular weight is 375 g/mol. The Morgan fingerprint density at radius 1 is 1.04 bits per heavy atom. The summed E-state index contributed by atoms with van der Waals surface area (Å²) in [5.41, 5.74) is 1.61. The second kappa shape index (κ2) is 6.59. The van der Waals surface area contributed by atoms with E-state index in [1.54, 1.807) is 5.51 Å². The molecular weight excluding hydrogens is 348 g/mol. The Labute approximate surface area is 157 Å². The van der Waals surface area contributed by atoms with Crippen LogP contribution in [0.5, 0.6) is 0 Å². The summed E-state index contributed by atoms with van der Waals surface area (Å²) in [5, 5.41) is 11.0. The SMILES string of the molecule is O=C(Nc1nncs1)C1CCN(C(=O)C2C3CC4CC(C3)CC2C4)CC1. The molecule has 2 amide bonds. The van der Waals surface area contributed by atoms with Gasteiger partial charge in [0.05, 0.1) is 0 Å². The van der Waals surface area contributed by atoms with Crippen LogP contribution in [0.15, 0.2) is 5.51 Å². The molecule has 1 N–H and O–H groups in total. The summed E-state index contributed by atoms with van der Waals surface area (Å²) >= 11 is 1.33. The summed E-state index contributed by atoms with van der Waals surface area (Å²) in [6, 6.07) is 0. The molecule has 0 atom stereocenters. The van der Waals surface area contributed by atoms with E-state index in [-0.39, 0.29) is 17.7 Å². The molecule has 0 aromatic carbocycles. The van der Waals surface area contributed by atoms with Crippen molar-refractivity contribution in [2.75, 3.05) is 18.4 Å². The van der Waals surface area contributed by atoms with E-state index in [9.17, 15) is 9.59 Å². The molecule has 26 heavy (non-hydrogen) atoms. The molecule has 1 aromatic heterocycles. The van der Waals surface area contributed by atoms with E-state index >= 15 is 0 Å². The molecule has 4 saturated carbocycles. The fourth-order valence-electron chi connectivity index (χ4n) is 6.34. The van der Waals surface area contributed by atoms with Crippen LogP contribution in [0.4, 0.5) is 5.13 Å². The average Bonchev–Trinajstić information content (AvgIpc) is 3.14. The third-order valence-corrected chi connectivity index (χ3v) is 7.89. The van der Waals surface area contributed by atoms with Crippen molar-refractivity contribution < 1.29 is 9.59 Å². The van der Waals surface area contributed by atoms with Crippen molar-refractivity contribution >= 4 is 28.3 Å². The molecule has 0 spiro atoms. The van der Waals surface area contributed by atoms with E-state index in [0.29, 0.717) is 22.9 Å². The van der Waals surface area contributed by atoms with E-state index in [1.807, 2.05) is 0 Å². The number of carbonyl (C=O) groups is 2. The molecule has 4 bridgehead atoms. The van der Waals surface area contributed by atoms with Gasteiger partial charge in [0, 0.05) is 24.9 Å². The second-order valence-corrected chi connectivity index (χ2v) is 9.62. The van der Waals surface area contributed by atoms with Crippen LogP contribution in [-0.4, -0.2) is 40.0 Å². The van der Waals surface area contributed by atoms with E-state index in [0.717, 1.165) is 37.8 Å². The van der Waals surface area contributed by atoms with Crippen molar-refractivity contribution in [1.82, 2.24) is 15.1 Å². The van der Waals surface area contributed by atoms with Gasteiger partial charge >= 0.3 is 0 Å². The lowest BCUT2D eigenvalue weighted by molar-refractivity contribution is -0.151. The van der Waals surface area contributed by atoms with Gasteiger partial charge in [-0.2, -0.15) is 0 Å². The Hall–Kier alpha value is -1.50. The van der Waals surface area contributed by atoms with Crippen LogP contribution in [0.3, 0.4) is 0 Å². The van der Waals surface area contributed by atoms with Crippen LogP contribution < -0.4 is 5.32 Å². The number of nitrogens with zero attached hydrogens (tertiary/aromatic N) is 3.